The molecular formula is C60H113N2O7P. The molecule has 0 heterocycles. The number of likely N-dealkylation sites (N-methyl/N-ethyl adjacent to an activating group) is 1. The number of esters is 1. The highest BCUT2D eigenvalue weighted by Gasteiger charge is 2.27. The Bertz CT molecular complexity index is 1340. The molecule has 1 N–H and O–H groups in total. The second kappa shape index (κ2) is 50.5. The maximum atomic E-state index is 13.5. The van der Waals surface area contributed by atoms with Crippen LogP contribution in [0.1, 0.15) is 271 Å². The fourth-order valence-electron chi connectivity index (χ4n) is 8.41. The van der Waals surface area contributed by atoms with E-state index in [0.717, 1.165) is 89.9 Å². The molecule has 0 aliphatic carbocycles. The molecule has 0 spiro atoms. The second-order valence-electron chi connectivity index (χ2n) is 21.2. The summed E-state index contributed by atoms with van der Waals surface area (Å²) in [5.41, 5.74) is 0. The summed E-state index contributed by atoms with van der Waals surface area (Å²) in [6.07, 6.45) is 60.7. The molecular weight excluding hydrogens is 892 g/mol. The van der Waals surface area contributed by atoms with Crippen molar-refractivity contribution in [2.24, 2.45) is 0 Å². The van der Waals surface area contributed by atoms with Gasteiger partial charge >= 0.3 is 5.97 Å². The fourth-order valence-corrected chi connectivity index (χ4v) is 9.13. The predicted octanol–water partition coefficient (Wildman–Crippen LogP) is 17.1. The highest BCUT2D eigenvalue weighted by molar-refractivity contribution is 7.45. The normalized spacial score (nSPS) is 14.1. The number of nitrogens with one attached hydrogen (secondary N) is 1. The number of ether oxygens (including phenoxy) is 1. The average molecular weight is 1010 g/mol. The van der Waals surface area contributed by atoms with E-state index >= 15 is 0 Å². The molecule has 10 heteroatoms. The molecule has 0 aromatic heterocycles. The van der Waals surface area contributed by atoms with Crippen molar-refractivity contribution >= 4 is 19.7 Å². The minimum absolute atomic E-state index is 0.0244. The van der Waals surface area contributed by atoms with Gasteiger partial charge in [0.1, 0.15) is 19.3 Å². The first-order valence-electron chi connectivity index (χ1n) is 29.4. The molecule has 0 bridgehead atoms. The number of unbranched alkanes of at least 4 members (excludes halogenated alkanes) is 31. The van der Waals surface area contributed by atoms with Gasteiger partial charge in [-0.15, -0.1) is 0 Å². The van der Waals surface area contributed by atoms with Crippen molar-refractivity contribution in [3.63, 3.8) is 0 Å². The van der Waals surface area contributed by atoms with Crippen molar-refractivity contribution in [3.8, 4) is 0 Å². The Labute approximate surface area is 433 Å². The SMILES string of the molecule is CCCCC/C=C\C/C=C\C/C=C\CCCCCCCCC(=O)NC(COP(=O)([O-])OCC[N+](C)(C)C)C(/C=C\CCCCCCCCCCC)OC(=O)CCCCCCCCCCCCCCCC. The van der Waals surface area contributed by atoms with E-state index in [0.29, 0.717) is 17.4 Å². The number of hydrogen-bond acceptors (Lipinski definition) is 7. The van der Waals surface area contributed by atoms with E-state index in [1.807, 2.05) is 33.3 Å². The Morgan fingerprint density at radius 2 is 0.871 bits per heavy atom. The van der Waals surface area contributed by atoms with Crippen molar-refractivity contribution in [1.82, 2.24) is 5.32 Å². The molecule has 1 amide bonds. The van der Waals surface area contributed by atoms with E-state index in [4.69, 9.17) is 13.8 Å². The van der Waals surface area contributed by atoms with Crippen LogP contribution in [0, 0.1) is 0 Å². The van der Waals surface area contributed by atoms with Gasteiger partial charge in [-0.1, -0.05) is 237 Å². The van der Waals surface area contributed by atoms with Gasteiger partial charge in [0.25, 0.3) is 7.82 Å². The highest BCUT2D eigenvalue weighted by atomic mass is 31.2. The van der Waals surface area contributed by atoms with Crippen molar-refractivity contribution in [1.29, 1.82) is 0 Å². The van der Waals surface area contributed by atoms with Crippen LogP contribution in [0.4, 0.5) is 0 Å². The van der Waals surface area contributed by atoms with E-state index in [1.165, 1.54) is 148 Å². The summed E-state index contributed by atoms with van der Waals surface area (Å²) in [6.45, 7) is 6.81. The molecule has 0 saturated heterocycles. The van der Waals surface area contributed by atoms with Crippen LogP contribution in [0.15, 0.2) is 48.6 Å². The lowest BCUT2D eigenvalue weighted by Gasteiger charge is -2.30. The lowest BCUT2D eigenvalue weighted by molar-refractivity contribution is -0.870. The summed E-state index contributed by atoms with van der Waals surface area (Å²) >= 11 is 0. The molecule has 70 heavy (non-hydrogen) atoms. The molecule has 3 unspecified atom stereocenters. The van der Waals surface area contributed by atoms with Crippen LogP contribution < -0.4 is 10.2 Å². The van der Waals surface area contributed by atoms with Crippen LogP contribution in [0.5, 0.6) is 0 Å². The zero-order valence-corrected chi connectivity index (χ0v) is 47.6. The third kappa shape index (κ3) is 50.9. The number of nitrogens with zero attached hydrogens (tertiary/aromatic N) is 1. The van der Waals surface area contributed by atoms with Crippen molar-refractivity contribution in [2.45, 2.75) is 283 Å². The van der Waals surface area contributed by atoms with Gasteiger partial charge in [0.15, 0.2) is 0 Å². The van der Waals surface area contributed by atoms with Gasteiger partial charge in [0, 0.05) is 12.8 Å². The van der Waals surface area contributed by atoms with E-state index < -0.39 is 26.6 Å². The number of allylic oxidation sites excluding steroid dienone is 7. The summed E-state index contributed by atoms with van der Waals surface area (Å²) < 4.78 is 30.2. The first kappa shape index (κ1) is 68.0. The first-order chi connectivity index (χ1) is 33.9. The van der Waals surface area contributed by atoms with Gasteiger partial charge in [0.2, 0.25) is 5.91 Å². The number of hydrogen-bond donors (Lipinski definition) is 1. The molecule has 0 aromatic carbocycles. The maximum Gasteiger partial charge on any atom is 0.306 e. The number of carbonyl (C=O) groups is 2. The monoisotopic (exact) mass is 1000 g/mol. The summed E-state index contributed by atoms with van der Waals surface area (Å²) in [5, 5.41) is 3.02. The fraction of sp³-hybridized carbons (Fsp3) is 0.833. The number of phosphoric acid groups is 1. The van der Waals surface area contributed by atoms with Gasteiger partial charge in [-0.2, -0.15) is 0 Å². The number of rotatable bonds is 53. The quantitative estimate of drug-likeness (QED) is 0.0212. The molecule has 0 aromatic rings. The highest BCUT2D eigenvalue weighted by Crippen LogP contribution is 2.38. The molecule has 410 valence electrons. The minimum atomic E-state index is -4.69. The van der Waals surface area contributed by atoms with Gasteiger partial charge in [-0.25, -0.2) is 0 Å². The summed E-state index contributed by atoms with van der Waals surface area (Å²) in [6, 6.07) is -0.892. The smallest absolute Gasteiger partial charge is 0.306 e. The number of amides is 1. The Balaban J connectivity index is 5.29. The van der Waals surface area contributed by atoms with Crippen LogP contribution in [0.3, 0.4) is 0 Å². The van der Waals surface area contributed by atoms with Crippen LogP contribution in [0.25, 0.3) is 0 Å². The predicted molar refractivity (Wildman–Crippen MR) is 298 cm³/mol. The Kier molecular flexibility index (Phi) is 49.0. The Morgan fingerprint density at radius 3 is 1.33 bits per heavy atom. The maximum absolute atomic E-state index is 13.5. The van der Waals surface area contributed by atoms with E-state index in [1.54, 1.807) is 0 Å². The number of carbonyl (C=O) groups excluding carboxylic acids is 2. The summed E-state index contributed by atoms with van der Waals surface area (Å²) in [7, 11) is 1.18. The van der Waals surface area contributed by atoms with Crippen molar-refractivity contribution in [3.05, 3.63) is 48.6 Å². The molecule has 0 aliphatic heterocycles. The zero-order valence-electron chi connectivity index (χ0n) is 46.7. The summed E-state index contributed by atoms with van der Waals surface area (Å²) in [4.78, 5) is 39.8. The van der Waals surface area contributed by atoms with Crippen molar-refractivity contribution in [2.75, 3.05) is 40.9 Å². The van der Waals surface area contributed by atoms with Crippen molar-refractivity contribution < 1.29 is 37.3 Å². The van der Waals surface area contributed by atoms with E-state index in [-0.39, 0.29) is 24.9 Å². The molecule has 0 radical (unpaired) electrons. The number of phosphoric ester groups is 1. The van der Waals surface area contributed by atoms with Crippen LogP contribution in [-0.4, -0.2) is 69.4 Å². The molecule has 0 fully saturated rings. The van der Waals surface area contributed by atoms with Crippen LogP contribution in [-0.2, 0) is 27.9 Å². The molecule has 0 rings (SSSR count). The first-order valence-corrected chi connectivity index (χ1v) is 30.9. The molecule has 0 aliphatic rings. The van der Waals surface area contributed by atoms with Crippen LogP contribution in [0.2, 0.25) is 0 Å². The molecule has 3 atom stereocenters. The molecule has 9 nitrogen and oxygen atoms in total. The lowest BCUT2D eigenvalue weighted by Crippen LogP contribution is -2.47. The van der Waals surface area contributed by atoms with E-state index in [9.17, 15) is 19.0 Å². The lowest BCUT2D eigenvalue weighted by atomic mass is 10.0. The third-order valence-electron chi connectivity index (χ3n) is 13.0. The van der Waals surface area contributed by atoms with Gasteiger partial charge in [-0.3, -0.25) is 14.2 Å². The van der Waals surface area contributed by atoms with Gasteiger partial charge < -0.3 is 28.5 Å². The Morgan fingerprint density at radius 1 is 0.500 bits per heavy atom. The Hall–Kier alpha value is -2.03. The number of quaternary nitrogens is 1. The standard InChI is InChI=1S/C60H113N2O7P/c1-7-10-13-16-19-22-25-27-29-30-31-32-33-34-37-40-43-46-49-52-59(63)61-57(56-68-70(65,66)67-55-54-62(4,5)6)58(51-48-45-42-39-36-24-21-18-15-12-9-3)69-60(64)53-50-47-44-41-38-35-28-26-23-20-17-14-11-8-2/h19,22,27,29,31-32,48,51,57-58H,7-18,20-21,23-26,28,30,33-47,49-50,52-56H2,1-6H3,(H-,61,63,65,66)/b22-19-,29-27-,32-31-,51-48-. The minimum Gasteiger partial charge on any atom is -0.756 e. The topological polar surface area (TPSA) is 114 Å². The largest absolute Gasteiger partial charge is 0.756 e. The van der Waals surface area contributed by atoms with Gasteiger partial charge in [-0.05, 0) is 70.3 Å². The summed E-state index contributed by atoms with van der Waals surface area (Å²) in [5.74, 6) is -0.549. The van der Waals surface area contributed by atoms with Crippen LogP contribution >= 0.6 is 7.82 Å². The van der Waals surface area contributed by atoms with Gasteiger partial charge in [0.05, 0.1) is 33.8 Å². The second-order valence-corrected chi connectivity index (χ2v) is 22.6. The third-order valence-corrected chi connectivity index (χ3v) is 14.0. The molecule has 0 saturated carbocycles. The zero-order chi connectivity index (χ0) is 51.5. The average Bonchev–Trinajstić information content (AvgIpc) is 3.32. The van der Waals surface area contributed by atoms with E-state index in [2.05, 4.69) is 62.5 Å².